The van der Waals surface area contributed by atoms with Gasteiger partial charge in [0.25, 0.3) is 0 Å². The second-order valence-corrected chi connectivity index (χ2v) is 2.44. The number of hydrogen-bond donors (Lipinski definition) is 2. The molecule has 58 valence electrons. The minimum atomic E-state index is 0.199. The van der Waals surface area contributed by atoms with Crippen LogP contribution in [0.5, 0.6) is 0 Å². The lowest BCUT2D eigenvalue weighted by atomic mass is 10.3. The molecule has 1 aromatic heterocycles. The molecule has 1 heterocycles. The molecule has 0 aliphatic heterocycles. The van der Waals surface area contributed by atoms with Crippen molar-refractivity contribution in [3.63, 3.8) is 0 Å². The minimum Gasteiger partial charge on any atom is -0.382 e. The van der Waals surface area contributed by atoms with E-state index < -0.39 is 0 Å². The summed E-state index contributed by atoms with van der Waals surface area (Å²) < 4.78 is 0. The maximum absolute atomic E-state index is 7.22. The first kappa shape index (κ1) is 7.94. The molecule has 0 spiro atoms. The lowest BCUT2D eigenvalue weighted by molar-refractivity contribution is 1.18. The summed E-state index contributed by atoms with van der Waals surface area (Å²) >= 11 is 5.50. The number of anilines is 1. The van der Waals surface area contributed by atoms with Gasteiger partial charge < -0.3 is 11.1 Å². The lowest BCUT2D eigenvalue weighted by Crippen LogP contribution is -2.04. The predicted octanol–water partition coefficient (Wildman–Crippen LogP) is 1.10. The Labute approximate surface area is 68.9 Å². The van der Waals surface area contributed by atoms with Gasteiger partial charge >= 0.3 is 0 Å². The van der Waals surface area contributed by atoms with Crippen LogP contribution in [0.2, 0.25) is 5.15 Å². The van der Waals surface area contributed by atoms with Crippen molar-refractivity contribution in [1.82, 2.24) is 9.97 Å². The molecule has 0 bridgehead atoms. The molecule has 3 N–H and O–H groups in total. The third-order valence-corrected chi connectivity index (χ3v) is 1.31. The number of nitrogens with one attached hydrogen (secondary N) is 1. The van der Waals surface area contributed by atoms with Crippen LogP contribution in [0, 0.1) is 5.41 Å². The summed E-state index contributed by atoms with van der Waals surface area (Å²) in [7, 11) is 0. The molecule has 0 aromatic carbocycles. The number of nitrogen functional groups attached to an aromatic ring is 1. The number of nitrogens with two attached hydrogens (primary N) is 1. The van der Waals surface area contributed by atoms with Crippen LogP contribution < -0.4 is 5.73 Å². The summed E-state index contributed by atoms with van der Waals surface area (Å²) in [6, 6.07) is 0. The fourth-order valence-electron chi connectivity index (χ4n) is 0.670. The van der Waals surface area contributed by atoms with E-state index in [0.29, 0.717) is 5.69 Å². The van der Waals surface area contributed by atoms with Gasteiger partial charge in [0.15, 0.2) is 5.82 Å². The van der Waals surface area contributed by atoms with E-state index in [0.717, 1.165) is 0 Å². The number of aromatic nitrogens is 2. The van der Waals surface area contributed by atoms with Gasteiger partial charge in [-0.15, -0.1) is 0 Å². The van der Waals surface area contributed by atoms with Gasteiger partial charge in [-0.2, -0.15) is 0 Å². The first-order valence-electron chi connectivity index (χ1n) is 2.95. The van der Waals surface area contributed by atoms with Crippen LogP contribution in [-0.4, -0.2) is 15.7 Å². The van der Waals surface area contributed by atoms with Crippen molar-refractivity contribution in [2.75, 3.05) is 5.73 Å². The van der Waals surface area contributed by atoms with Crippen molar-refractivity contribution in [3.05, 3.63) is 17.0 Å². The molecular formula is C6H7ClN4. The monoisotopic (exact) mass is 170 g/mol. The molecule has 0 atom stereocenters. The van der Waals surface area contributed by atoms with Gasteiger partial charge in [0.1, 0.15) is 10.8 Å². The van der Waals surface area contributed by atoms with E-state index in [1.165, 1.54) is 6.20 Å². The van der Waals surface area contributed by atoms with Crippen LogP contribution >= 0.6 is 11.6 Å². The number of nitrogens with zero attached hydrogens (tertiary/aromatic N) is 2. The first-order chi connectivity index (χ1) is 5.11. The van der Waals surface area contributed by atoms with E-state index in [1.807, 2.05) is 0 Å². The summed E-state index contributed by atoms with van der Waals surface area (Å²) in [6.07, 6.45) is 1.37. The van der Waals surface area contributed by atoms with Crippen molar-refractivity contribution in [1.29, 1.82) is 5.41 Å². The first-order valence-corrected chi connectivity index (χ1v) is 3.32. The van der Waals surface area contributed by atoms with Crippen LogP contribution in [0.15, 0.2) is 6.20 Å². The average Bonchev–Trinajstić information content (AvgIpc) is 1.85. The number of hydrogen-bond acceptors (Lipinski definition) is 4. The van der Waals surface area contributed by atoms with Crippen LogP contribution in [0.1, 0.15) is 12.6 Å². The molecule has 0 fully saturated rings. The molecule has 0 aliphatic rings. The van der Waals surface area contributed by atoms with E-state index in [4.69, 9.17) is 22.7 Å². The zero-order valence-corrected chi connectivity index (χ0v) is 6.68. The van der Waals surface area contributed by atoms with Crippen molar-refractivity contribution < 1.29 is 0 Å². The number of halogens is 1. The molecule has 4 nitrogen and oxygen atoms in total. The van der Waals surface area contributed by atoms with E-state index in [2.05, 4.69) is 9.97 Å². The SMILES string of the molecule is CC(=N)c1ncc(Cl)nc1N. The van der Waals surface area contributed by atoms with E-state index in [9.17, 15) is 0 Å². The Morgan fingerprint density at radius 2 is 2.36 bits per heavy atom. The fraction of sp³-hybridized carbons (Fsp3) is 0.167. The van der Waals surface area contributed by atoms with Gasteiger partial charge in [-0.25, -0.2) is 9.97 Å². The van der Waals surface area contributed by atoms with Crippen LogP contribution in [-0.2, 0) is 0 Å². The van der Waals surface area contributed by atoms with E-state index >= 15 is 0 Å². The van der Waals surface area contributed by atoms with Gasteiger partial charge in [-0.05, 0) is 6.92 Å². The average molecular weight is 171 g/mol. The smallest absolute Gasteiger partial charge is 0.153 e. The van der Waals surface area contributed by atoms with Crippen molar-refractivity contribution in [3.8, 4) is 0 Å². The quantitative estimate of drug-likeness (QED) is 0.620. The molecule has 0 aliphatic carbocycles. The van der Waals surface area contributed by atoms with Crippen LogP contribution in [0.25, 0.3) is 0 Å². The Balaban J connectivity index is 3.20. The van der Waals surface area contributed by atoms with Gasteiger partial charge in [0, 0.05) is 0 Å². The molecule has 5 heteroatoms. The van der Waals surface area contributed by atoms with Crippen LogP contribution in [0.4, 0.5) is 5.82 Å². The molecule has 0 unspecified atom stereocenters. The largest absolute Gasteiger partial charge is 0.382 e. The highest BCUT2D eigenvalue weighted by Gasteiger charge is 2.03. The Bertz CT molecular complexity index is 297. The lowest BCUT2D eigenvalue weighted by Gasteiger charge is -1.99. The highest BCUT2D eigenvalue weighted by molar-refractivity contribution is 6.29. The molecule has 1 rings (SSSR count). The van der Waals surface area contributed by atoms with Gasteiger partial charge in [-0.3, -0.25) is 0 Å². The summed E-state index contributed by atoms with van der Waals surface area (Å²) in [5.74, 6) is 0.199. The third-order valence-electron chi connectivity index (χ3n) is 1.13. The Morgan fingerprint density at radius 1 is 1.73 bits per heavy atom. The molecule has 0 saturated carbocycles. The van der Waals surface area contributed by atoms with Crippen LogP contribution in [0.3, 0.4) is 0 Å². The molecule has 1 aromatic rings. The zero-order chi connectivity index (χ0) is 8.43. The minimum absolute atomic E-state index is 0.199. The normalized spacial score (nSPS) is 9.64. The second kappa shape index (κ2) is 2.84. The highest BCUT2D eigenvalue weighted by Crippen LogP contribution is 2.09. The Morgan fingerprint density at radius 3 is 2.82 bits per heavy atom. The third kappa shape index (κ3) is 1.65. The van der Waals surface area contributed by atoms with Gasteiger partial charge in [0.2, 0.25) is 0 Å². The van der Waals surface area contributed by atoms with Crippen molar-refractivity contribution in [2.24, 2.45) is 0 Å². The molecule has 0 amide bonds. The molecule has 0 saturated heterocycles. The molecule has 11 heavy (non-hydrogen) atoms. The Kier molecular flexibility index (Phi) is 2.05. The van der Waals surface area contributed by atoms with Crippen molar-refractivity contribution in [2.45, 2.75) is 6.92 Å². The maximum Gasteiger partial charge on any atom is 0.153 e. The molecular weight excluding hydrogens is 164 g/mol. The summed E-state index contributed by atoms with van der Waals surface area (Å²) in [5, 5.41) is 7.46. The summed E-state index contributed by atoms with van der Waals surface area (Å²) in [5.41, 5.74) is 6.09. The standard InChI is InChI=1S/C6H7ClN4/c1-3(8)5-6(9)11-4(7)2-10-5/h2,8H,1H3,(H2,9,11). The highest BCUT2D eigenvalue weighted by atomic mass is 35.5. The number of rotatable bonds is 1. The predicted molar refractivity (Wildman–Crippen MR) is 44.0 cm³/mol. The fourth-order valence-corrected chi connectivity index (χ4v) is 0.810. The summed E-state index contributed by atoms with van der Waals surface area (Å²) in [4.78, 5) is 7.57. The maximum atomic E-state index is 7.22. The van der Waals surface area contributed by atoms with Crippen molar-refractivity contribution >= 4 is 23.1 Å². The summed E-state index contributed by atoms with van der Waals surface area (Å²) in [6.45, 7) is 1.59. The van der Waals surface area contributed by atoms with Gasteiger partial charge in [-0.1, -0.05) is 11.6 Å². The van der Waals surface area contributed by atoms with Gasteiger partial charge in [0.05, 0.1) is 11.9 Å². The molecule has 0 radical (unpaired) electrons. The topological polar surface area (TPSA) is 75.7 Å². The Hall–Kier alpha value is -1.16. The second-order valence-electron chi connectivity index (χ2n) is 2.05. The zero-order valence-electron chi connectivity index (χ0n) is 5.93. The van der Waals surface area contributed by atoms with E-state index in [-0.39, 0.29) is 16.7 Å². The van der Waals surface area contributed by atoms with E-state index in [1.54, 1.807) is 6.92 Å².